The fourth-order valence-electron chi connectivity index (χ4n) is 1.50. The first kappa shape index (κ1) is 16.2. The normalized spacial score (nSPS) is 40.8. The summed E-state index contributed by atoms with van der Waals surface area (Å²) in [6.45, 7) is -1.84. The Kier molecular flexibility index (Phi) is 5.18. The van der Waals surface area contributed by atoms with Gasteiger partial charge in [0.05, 0.1) is 13.2 Å². The molecular formula is C9H16O10. The van der Waals surface area contributed by atoms with E-state index >= 15 is 0 Å². The molecule has 1 aliphatic heterocycles. The van der Waals surface area contributed by atoms with Gasteiger partial charge < -0.3 is 45.2 Å². The summed E-state index contributed by atoms with van der Waals surface area (Å²) in [7, 11) is 0. The molecule has 112 valence electrons. The summed E-state index contributed by atoms with van der Waals surface area (Å²) in [5.74, 6) is -4.59. The fourth-order valence-corrected chi connectivity index (χ4v) is 1.50. The second-order valence-corrected chi connectivity index (χ2v) is 4.02. The summed E-state index contributed by atoms with van der Waals surface area (Å²) < 4.78 is 8.84. The van der Waals surface area contributed by atoms with Crippen LogP contribution >= 0.6 is 0 Å². The Balaban J connectivity index is 2.86. The number of carbonyl (C=O) groups excluding carboxylic acids is 1. The van der Waals surface area contributed by atoms with Gasteiger partial charge in [-0.05, 0) is 0 Å². The Morgan fingerprint density at radius 2 is 1.84 bits per heavy atom. The average molecular weight is 284 g/mol. The van der Waals surface area contributed by atoms with Crippen LogP contribution in [0.1, 0.15) is 0 Å². The summed E-state index contributed by atoms with van der Waals surface area (Å²) in [6.07, 6.45) is -9.43. The monoisotopic (exact) mass is 284 g/mol. The van der Waals surface area contributed by atoms with Gasteiger partial charge in [-0.15, -0.1) is 0 Å². The smallest absolute Gasteiger partial charge is 0.357 e. The highest BCUT2D eigenvalue weighted by atomic mass is 16.8. The second-order valence-electron chi connectivity index (χ2n) is 4.02. The molecule has 19 heavy (non-hydrogen) atoms. The number of hydrogen-bond acceptors (Lipinski definition) is 10. The molecule has 0 saturated carbocycles. The first-order chi connectivity index (χ1) is 8.76. The van der Waals surface area contributed by atoms with Gasteiger partial charge in [-0.1, -0.05) is 0 Å². The molecule has 6 atom stereocenters. The van der Waals surface area contributed by atoms with Crippen molar-refractivity contribution in [3.8, 4) is 0 Å². The van der Waals surface area contributed by atoms with Crippen LogP contribution in [-0.4, -0.2) is 91.4 Å². The fraction of sp³-hybridized carbons (Fsp3) is 0.889. The standard InChI is InChI=1S/C9H16O10/c10-1-3(12)8(16)19-9(17)7(15)6(14)5(13)4(2-11)18-9/h3-7,10-15,17H,1-2H2/t3?,4-,5-,6+,7+,9+/m1/s1. The quantitative estimate of drug-likeness (QED) is 0.195. The lowest BCUT2D eigenvalue weighted by Crippen LogP contribution is -2.67. The van der Waals surface area contributed by atoms with Crippen LogP contribution in [0.2, 0.25) is 0 Å². The summed E-state index contributed by atoms with van der Waals surface area (Å²) >= 11 is 0. The van der Waals surface area contributed by atoms with Crippen LogP contribution in [0.3, 0.4) is 0 Å². The Morgan fingerprint density at radius 3 is 2.32 bits per heavy atom. The van der Waals surface area contributed by atoms with Crippen LogP contribution in [0.5, 0.6) is 0 Å². The van der Waals surface area contributed by atoms with E-state index in [9.17, 15) is 25.2 Å². The molecule has 1 aliphatic rings. The number of hydrogen-bond donors (Lipinski definition) is 7. The van der Waals surface area contributed by atoms with Gasteiger partial charge in [-0.3, -0.25) is 0 Å². The van der Waals surface area contributed by atoms with Gasteiger partial charge in [-0.2, -0.15) is 0 Å². The van der Waals surface area contributed by atoms with E-state index < -0.39 is 55.7 Å². The van der Waals surface area contributed by atoms with Crippen molar-refractivity contribution >= 4 is 5.97 Å². The maximum Gasteiger partial charge on any atom is 0.357 e. The minimum absolute atomic E-state index is 0.840. The Morgan fingerprint density at radius 1 is 1.26 bits per heavy atom. The molecule has 1 fully saturated rings. The highest BCUT2D eigenvalue weighted by Crippen LogP contribution is 2.29. The van der Waals surface area contributed by atoms with Crippen LogP contribution in [-0.2, 0) is 14.3 Å². The highest BCUT2D eigenvalue weighted by molar-refractivity contribution is 5.74. The number of carbonyl (C=O) groups is 1. The van der Waals surface area contributed by atoms with E-state index in [2.05, 4.69) is 9.47 Å². The molecule has 0 aromatic heterocycles. The molecule has 7 N–H and O–H groups in total. The van der Waals surface area contributed by atoms with Crippen molar-refractivity contribution in [2.45, 2.75) is 36.5 Å². The zero-order valence-electron chi connectivity index (χ0n) is 9.66. The zero-order chi connectivity index (χ0) is 14.8. The molecule has 1 saturated heterocycles. The van der Waals surface area contributed by atoms with Crippen molar-refractivity contribution in [1.29, 1.82) is 0 Å². The lowest BCUT2D eigenvalue weighted by atomic mass is 9.98. The Labute approximate surface area is 107 Å². The zero-order valence-corrected chi connectivity index (χ0v) is 9.66. The molecular weight excluding hydrogens is 268 g/mol. The molecule has 0 aliphatic carbocycles. The van der Waals surface area contributed by atoms with Crippen molar-refractivity contribution in [1.82, 2.24) is 0 Å². The number of rotatable bonds is 4. The predicted molar refractivity (Wildman–Crippen MR) is 54.1 cm³/mol. The second kappa shape index (κ2) is 6.07. The molecule has 0 spiro atoms. The van der Waals surface area contributed by atoms with Crippen molar-refractivity contribution < 1.29 is 50.0 Å². The van der Waals surface area contributed by atoms with E-state index in [4.69, 9.17) is 15.3 Å². The molecule has 0 aromatic rings. The van der Waals surface area contributed by atoms with E-state index in [1.165, 1.54) is 0 Å². The summed E-state index contributed by atoms with van der Waals surface area (Å²) in [5, 5.41) is 64.4. The Hall–Kier alpha value is -0.850. The van der Waals surface area contributed by atoms with Gasteiger partial charge in [0, 0.05) is 0 Å². The number of aliphatic hydroxyl groups excluding tert-OH is 6. The Bertz CT molecular complexity index is 320. The third kappa shape index (κ3) is 3.19. The lowest BCUT2D eigenvalue weighted by Gasteiger charge is -2.43. The maximum atomic E-state index is 11.2. The SMILES string of the molecule is O=C(O[C@@]1(O)O[C@H](CO)[C@@H](O)[C@H](O)[C@@H]1O)C(O)CO. The number of ether oxygens (including phenoxy) is 2. The van der Waals surface area contributed by atoms with Gasteiger partial charge in [0.1, 0.15) is 18.3 Å². The van der Waals surface area contributed by atoms with E-state index in [-0.39, 0.29) is 0 Å². The van der Waals surface area contributed by atoms with E-state index in [1.54, 1.807) is 0 Å². The van der Waals surface area contributed by atoms with E-state index in [1.807, 2.05) is 0 Å². The number of esters is 1. The van der Waals surface area contributed by atoms with Crippen LogP contribution in [0.15, 0.2) is 0 Å². The first-order valence-electron chi connectivity index (χ1n) is 5.33. The lowest BCUT2D eigenvalue weighted by molar-refractivity contribution is -0.435. The van der Waals surface area contributed by atoms with Gasteiger partial charge in [0.2, 0.25) is 0 Å². The predicted octanol–water partition coefficient (Wildman–Crippen LogP) is -5.00. The van der Waals surface area contributed by atoms with Gasteiger partial charge >= 0.3 is 11.9 Å². The molecule has 1 heterocycles. The van der Waals surface area contributed by atoms with Crippen LogP contribution in [0, 0.1) is 0 Å². The first-order valence-corrected chi connectivity index (χ1v) is 5.33. The van der Waals surface area contributed by atoms with Gasteiger partial charge in [-0.25, -0.2) is 4.79 Å². The molecule has 1 unspecified atom stereocenters. The highest BCUT2D eigenvalue weighted by Gasteiger charge is 2.56. The van der Waals surface area contributed by atoms with Crippen molar-refractivity contribution in [2.75, 3.05) is 13.2 Å². The molecule has 0 aromatic carbocycles. The largest absolute Gasteiger partial charge is 0.404 e. The summed E-state index contributed by atoms with van der Waals surface area (Å²) in [4.78, 5) is 11.2. The van der Waals surface area contributed by atoms with E-state index in [0.29, 0.717) is 0 Å². The minimum Gasteiger partial charge on any atom is -0.404 e. The molecule has 1 rings (SSSR count). The van der Waals surface area contributed by atoms with Crippen LogP contribution < -0.4 is 0 Å². The molecule has 0 bridgehead atoms. The topological polar surface area (TPSA) is 177 Å². The summed E-state index contributed by atoms with van der Waals surface area (Å²) in [6, 6.07) is 0. The molecule has 10 nitrogen and oxygen atoms in total. The van der Waals surface area contributed by atoms with Gasteiger partial charge in [0.25, 0.3) is 0 Å². The van der Waals surface area contributed by atoms with Crippen LogP contribution in [0.25, 0.3) is 0 Å². The van der Waals surface area contributed by atoms with E-state index in [0.717, 1.165) is 0 Å². The number of aliphatic hydroxyl groups is 7. The molecule has 0 radical (unpaired) electrons. The minimum atomic E-state index is -3.07. The van der Waals surface area contributed by atoms with Crippen molar-refractivity contribution in [2.24, 2.45) is 0 Å². The third-order valence-corrected chi connectivity index (χ3v) is 2.62. The van der Waals surface area contributed by atoms with Gasteiger partial charge in [0.15, 0.2) is 12.2 Å². The average Bonchev–Trinajstić information content (AvgIpc) is 2.39. The summed E-state index contributed by atoms with van der Waals surface area (Å²) in [5.41, 5.74) is 0. The molecule has 0 amide bonds. The maximum absolute atomic E-state index is 11.2. The van der Waals surface area contributed by atoms with Crippen molar-refractivity contribution in [3.05, 3.63) is 0 Å². The molecule has 10 heteroatoms. The third-order valence-electron chi connectivity index (χ3n) is 2.62. The van der Waals surface area contributed by atoms with Crippen molar-refractivity contribution in [3.63, 3.8) is 0 Å². The van der Waals surface area contributed by atoms with Crippen LogP contribution in [0.4, 0.5) is 0 Å².